The number of ether oxygens (including phenoxy) is 1. The number of alkyl carbamates (subject to hydrolysis) is 1. The Morgan fingerprint density at radius 3 is 2.14 bits per heavy atom. The van der Waals surface area contributed by atoms with Gasteiger partial charge in [0.2, 0.25) is 11.8 Å². The largest absolute Gasteiger partial charge is 0.444 e. The molecule has 0 heterocycles. The number of hydrogen-bond acceptors (Lipinski definition) is 4. The van der Waals surface area contributed by atoms with Crippen molar-refractivity contribution in [2.75, 3.05) is 6.54 Å². The topological polar surface area (TPSA) is 87.7 Å². The molecule has 0 saturated heterocycles. The van der Waals surface area contributed by atoms with Crippen molar-refractivity contribution in [3.63, 3.8) is 0 Å². The SMILES string of the molecule is CCCCCNC(=O)C(c1ccc(C)c(C)c1)N(C(=O)C(CC(C)C)NC(=O)OC(C)(C)C)C(C)C. The van der Waals surface area contributed by atoms with Crippen LogP contribution in [-0.2, 0) is 14.3 Å². The number of aryl methyl sites for hydroxylation is 2. The van der Waals surface area contributed by atoms with Crippen molar-refractivity contribution in [3.05, 3.63) is 34.9 Å². The lowest BCUT2D eigenvalue weighted by molar-refractivity contribution is -0.144. The van der Waals surface area contributed by atoms with Crippen LogP contribution in [0.25, 0.3) is 0 Å². The van der Waals surface area contributed by atoms with E-state index in [2.05, 4.69) is 17.6 Å². The molecule has 2 unspecified atom stereocenters. The molecule has 0 aliphatic rings. The fourth-order valence-corrected chi connectivity index (χ4v) is 4.06. The quantitative estimate of drug-likeness (QED) is 0.352. The third-order valence-corrected chi connectivity index (χ3v) is 5.96. The van der Waals surface area contributed by atoms with Gasteiger partial charge in [0.1, 0.15) is 17.7 Å². The van der Waals surface area contributed by atoms with Crippen molar-refractivity contribution in [2.45, 2.75) is 119 Å². The number of amides is 3. The van der Waals surface area contributed by atoms with Crippen molar-refractivity contribution in [1.82, 2.24) is 15.5 Å². The Hall–Kier alpha value is -2.57. The van der Waals surface area contributed by atoms with Gasteiger partial charge in [-0.2, -0.15) is 0 Å². The van der Waals surface area contributed by atoms with Crippen LogP contribution < -0.4 is 10.6 Å². The molecule has 0 spiro atoms. The summed E-state index contributed by atoms with van der Waals surface area (Å²) in [7, 11) is 0. The van der Waals surface area contributed by atoms with E-state index in [-0.39, 0.29) is 23.8 Å². The number of carbonyl (C=O) groups is 3. The van der Waals surface area contributed by atoms with Crippen LogP contribution >= 0.6 is 0 Å². The molecule has 0 radical (unpaired) electrons. The molecule has 0 saturated carbocycles. The first-order chi connectivity index (χ1) is 16.7. The van der Waals surface area contributed by atoms with Gasteiger partial charge in [-0.15, -0.1) is 0 Å². The van der Waals surface area contributed by atoms with Crippen LogP contribution in [0.1, 0.15) is 104 Å². The Morgan fingerprint density at radius 2 is 1.64 bits per heavy atom. The van der Waals surface area contributed by atoms with Crippen LogP contribution in [-0.4, -0.2) is 47.0 Å². The minimum absolute atomic E-state index is 0.144. The zero-order chi connectivity index (χ0) is 27.6. The Labute approximate surface area is 218 Å². The average Bonchev–Trinajstić information content (AvgIpc) is 2.74. The third-order valence-electron chi connectivity index (χ3n) is 5.96. The molecule has 1 rings (SSSR count). The van der Waals surface area contributed by atoms with E-state index in [0.29, 0.717) is 13.0 Å². The summed E-state index contributed by atoms with van der Waals surface area (Å²) in [5.74, 6) is -0.362. The zero-order valence-corrected chi connectivity index (χ0v) is 24.2. The maximum absolute atomic E-state index is 14.0. The van der Waals surface area contributed by atoms with E-state index in [1.807, 2.05) is 59.7 Å². The van der Waals surface area contributed by atoms with Gasteiger partial charge in [0.05, 0.1) is 0 Å². The monoisotopic (exact) mass is 503 g/mol. The number of hydrogen-bond donors (Lipinski definition) is 2. The Balaban J connectivity index is 3.43. The van der Waals surface area contributed by atoms with Gasteiger partial charge in [-0.3, -0.25) is 9.59 Å². The van der Waals surface area contributed by atoms with Gasteiger partial charge in [0.15, 0.2) is 0 Å². The predicted octanol–water partition coefficient (Wildman–Crippen LogP) is 5.83. The second kappa shape index (κ2) is 14.2. The molecular formula is C29H49N3O4. The van der Waals surface area contributed by atoms with E-state index in [1.54, 1.807) is 25.7 Å². The van der Waals surface area contributed by atoms with E-state index >= 15 is 0 Å². The van der Waals surface area contributed by atoms with Crippen molar-refractivity contribution >= 4 is 17.9 Å². The lowest BCUT2D eigenvalue weighted by Gasteiger charge is -2.37. The Bertz CT molecular complexity index is 874. The lowest BCUT2D eigenvalue weighted by atomic mass is 9.96. The van der Waals surface area contributed by atoms with Gasteiger partial charge < -0.3 is 20.3 Å². The van der Waals surface area contributed by atoms with Gasteiger partial charge in [0.25, 0.3) is 0 Å². The number of carbonyl (C=O) groups excluding carboxylic acids is 3. The van der Waals surface area contributed by atoms with Crippen LogP contribution in [0.15, 0.2) is 18.2 Å². The summed E-state index contributed by atoms with van der Waals surface area (Å²) in [4.78, 5) is 41.9. The van der Waals surface area contributed by atoms with Crippen LogP contribution in [0.3, 0.4) is 0 Å². The zero-order valence-electron chi connectivity index (χ0n) is 24.2. The molecule has 7 nitrogen and oxygen atoms in total. The summed E-state index contributed by atoms with van der Waals surface area (Å²) in [5, 5.41) is 5.83. The number of benzene rings is 1. The summed E-state index contributed by atoms with van der Waals surface area (Å²) >= 11 is 0. The Morgan fingerprint density at radius 1 is 1.00 bits per heavy atom. The molecule has 2 N–H and O–H groups in total. The number of nitrogens with one attached hydrogen (secondary N) is 2. The van der Waals surface area contributed by atoms with Crippen molar-refractivity contribution in [3.8, 4) is 0 Å². The maximum Gasteiger partial charge on any atom is 0.408 e. The molecule has 1 aromatic rings. The molecule has 0 aromatic heterocycles. The molecule has 0 aliphatic heterocycles. The highest BCUT2D eigenvalue weighted by Crippen LogP contribution is 2.27. The normalized spacial score (nSPS) is 13.3. The van der Waals surface area contributed by atoms with E-state index in [4.69, 9.17) is 4.74 Å². The standard InChI is InChI=1S/C29H49N3O4/c1-11-12-13-16-30-26(33)25(23-15-14-21(6)22(7)18-23)32(20(4)5)27(34)24(17-19(2)3)31-28(35)36-29(8,9)10/h14-15,18-20,24-25H,11-13,16-17H2,1-10H3,(H,30,33)(H,31,35). The van der Waals surface area contributed by atoms with E-state index in [1.165, 1.54) is 0 Å². The van der Waals surface area contributed by atoms with Crippen LogP contribution in [0.2, 0.25) is 0 Å². The summed E-state index contributed by atoms with van der Waals surface area (Å²) in [6.45, 7) is 19.8. The van der Waals surface area contributed by atoms with Crippen LogP contribution in [0.5, 0.6) is 0 Å². The molecule has 204 valence electrons. The molecule has 2 atom stereocenters. The van der Waals surface area contributed by atoms with Gasteiger partial charge in [0, 0.05) is 12.6 Å². The highest BCUT2D eigenvalue weighted by Gasteiger charge is 2.38. The van der Waals surface area contributed by atoms with E-state index < -0.39 is 23.8 Å². The van der Waals surface area contributed by atoms with Gasteiger partial charge in [-0.1, -0.05) is 51.8 Å². The second-order valence-corrected chi connectivity index (χ2v) is 11.4. The lowest BCUT2D eigenvalue weighted by Crippen LogP contribution is -2.55. The van der Waals surface area contributed by atoms with Crippen molar-refractivity contribution in [2.24, 2.45) is 5.92 Å². The number of unbranched alkanes of at least 4 members (excludes halogenated alkanes) is 2. The minimum Gasteiger partial charge on any atom is -0.444 e. The molecule has 7 heteroatoms. The summed E-state index contributed by atoms with van der Waals surface area (Å²) in [6.07, 6.45) is 2.75. The first-order valence-corrected chi connectivity index (χ1v) is 13.3. The summed E-state index contributed by atoms with van der Waals surface area (Å²) in [6, 6.07) is 3.97. The average molecular weight is 504 g/mol. The summed E-state index contributed by atoms with van der Waals surface area (Å²) < 4.78 is 5.44. The molecule has 0 bridgehead atoms. The second-order valence-electron chi connectivity index (χ2n) is 11.4. The number of nitrogens with zero attached hydrogens (tertiary/aromatic N) is 1. The predicted molar refractivity (Wildman–Crippen MR) is 146 cm³/mol. The molecule has 0 fully saturated rings. The molecule has 0 aliphatic carbocycles. The number of rotatable bonds is 12. The first kappa shape index (κ1) is 31.5. The van der Waals surface area contributed by atoms with Crippen molar-refractivity contribution < 1.29 is 19.1 Å². The maximum atomic E-state index is 14.0. The van der Waals surface area contributed by atoms with E-state index in [0.717, 1.165) is 36.0 Å². The summed E-state index contributed by atoms with van der Waals surface area (Å²) in [5.41, 5.74) is 2.24. The van der Waals surface area contributed by atoms with Crippen molar-refractivity contribution in [1.29, 1.82) is 0 Å². The Kier molecular flexibility index (Phi) is 12.4. The van der Waals surface area contributed by atoms with Gasteiger partial charge in [-0.25, -0.2) is 4.79 Å². The first-order valence-electron chi connectivity index (χ1n) is 13.3. The fraction of sp³-hybridized carbons (Fsp3) is 0.690. The van der Waals surface area contributed by atoms with Crippen LogP contribution in [0.4, 0.5) is 4.79 Å². The minimum atomic E-state index is -0.816. The molecular weight excluding hydrogens is 454 g/mol. The molecule has 3 amide bonds. The van der Waals surface area contributed by atoms with E-state index in [9.17, 15) is 14.4 Å². The fourth-order valence-electron chi connectivity index (χ4n) is 4.06. The molecule has 1 aromatic carbocycles. The highest BCUT2D eigenvalue weighted by atomic mass is 16.6. The highest BCUT2D eigenvalue weighted by molar-refractivity contribution is 5.92. The smallest absolute Gasteiger partial charge is 0.408 e. The third kappa shape index (κ3) is 10.2. The van der Waals surface area contributed by atoms with Gasteiger partial charge >= 0.3 is 6.09 Å². The van der Waals surface area contributed by atoms with Gasteiger partial charge in [-0.05, 0) is 83.9 Å². The van der Waals surface area contributed by atoms with Crippen LogP contribution in [0, 0.1) is 19.8 Å². The molecule has 36 heavy (non-hydrogen) atoms.